The van der Waals surface area contributed by atoms with Crippen LogP contribution >= 0.6 is 0 Å². The molecule has 1 fully saturated rings. The van der Waals surface area contributed by atoms with E-state index in [9.17, 15) is 4.79 Å². The molecule has 0 saturated carbocycles. The molecule has 0 radical (unpaired) electrons. The fraction of sp³-hybridized carbons (Fsp3) is 0.375. The van der Waals surface area contributed by atoms with Crippen molar-refractivity contribution in [3.8, 4) is 11.5 Å². The van der Waals surface area contributed by atoms with E-state index in [1.54, 1.807) is 26.4 Å². The molecule has 2 heterocycles. The Balaban J connectivity index is 1.48. The highest BCUT2D eigenvalue weighted by Crippen LogP contribution is 2.30. The number of carbonyl (C=O) groups is 1. The number of aromatic nitrogens is 1. The summed E-state index contributed by atoms with van der Waals surface area (Å²) in [4.78, 5) is 15.2. The van der Waals surface area contributed by atoms with E-state index in [1.807, 2.05) is 11.0 Å². The lowest BCUT2D eigenvalue weighted by Crippen LogP contribution is -2.35. The van der Waals surface area contributed by atoms with Crippen molar-refractivity contribution in [3.05, 3.63) is 59.8 Å². The predicted molar refractivity (Wildman–Crippen MR) is 115 cm³/mol. The zero-order valence-electron chi connectivity index (χ0n) is 17.4. The quantitative estimate of drug-likeness (QED) is 0.623. The van der Waals surface area contributed by atoms with E-state index in [0.29, 0.717) is 17.1 Å². The van der Waals surface area contributed by atoms with Gasteiger partial charge in [0.25, 0.3) is 5.91 Å². The van der Waals surface area contributed by atoms with Crippen molar-refractivity contribution in [2.24, 2.45) is 7.05 Å². The molecule has 2 aromatic carbocycles. The second kappa shape index (κ2) is 8.19. The topological polar surface area (TPSA) is 43.7 Å². The van der Waals surface area contributed by atoms with Crippen LogP contribution in [-0.4, -0.2) is 42.2 Å². The standard InChI is InChI=1S/C24H28N2O3/c1-25-20(15-17-7-4-5-9-21(17)25)12-11-19-8-6-14-26(19)24(27)18-10-13-22(28-2)23(16-18)29-3/h4-5,7,9-10,13,15-16,19H,6,8,11-12,14H2,1-3H3/t19-/m0/s1. The first-order chi connectivity index (χ1) is 14.1. The maximum Gasteiger partial charge on any atom is 0.254 e. The van der Waals surface area contributed by atoms with Crippen molar-refractivity contribution >= 4 is 16.8 Å². The molecule has 0 bridgehead atoms. The number of nitrogens with zero attached hydrogens (tertiary/aromatic N) is 2. The Bertz CT molecular complexity index is 1020. The molecule has 0 N–H and O–H groups in total. The number of likely N-dealkylation sites (tertiary alicyclic amines) is 1. The lowest BCUT2D eigenvalue weighted by atomic mass is 10.1. The van der Waals surface area contributed by atoms with E-state index >= 15 is 0 Å². The average Bonchev–Trinajstić information content (AvgIpc) is 3.35. The van der Waals surface area contributed by atoms with Crippen molar-refractivity contribution < 1.29 is 14.3 Å². The molecule has 1 aliphatic heterocycles. The van der Waals surface area contributed by atoms with Crippen molar-refractivity contribution in [1.82, 2.24) is 9.47 Å². The first-order valence-corrected chi connectivity index (χ1v) is 10.2. The van der Waals surface area contributed by atoms with Gasteiger partial charge >= 0.3 is 0 Å². The van der Waals surface area contributed by atoms with Crippen molar-refractivity contribution in [3.63, 3.8) is 0 Å². The van der Waals surface area contributed by atoms with Gasteiger partial charge in [-0.05, 0) is 61.4 Å². The number of benzene rings is 2. The van der Waals surface area contributed by atoms with Crippen LogP contribution in [0.2, 0.25) is 0 Å². The van der Waals surface area contributed by atoms with Gasteiger partial charge in [0.15, 0.2) is 11.5 Å². The van der Waals surface area contributed by atoms with Crippen LogP contribution in [0.1, 0.15) is 35.3 Å². The minimum absolute atomic E-state index is 0.0745. The number of para-hydroxylation sites is 1. The Kier molecular flexibility index (Phi) is 5.47. The molecule has 1 atom stereocenters. The number of hydrogen-bond donors (Lipinski definition) is 0. The van der Waals surface area contributed by atoms with Gasteiger partial charge in [-0.15, -0.1) is 0 Å². The van der Waals surface area contributed by atoms with Crippen molar-refractivity contribution in [2.45, 2.75) is 31.7 Å². The number of hydrogen-bond acceptors (Lipinski definition) is 3. The van der Waals surface area contributed by atoms with Gasteiger partial charge in [0.05, 0.1) is 14.2 Å². The molecule has 1 aromatic heterocycles. The number of fused-ring (bicyclic) bond motifs is 1. The smallest absolute Gasteiger partial charge is 0.254 e. The van der Waals surface area contributed by atoms with E-state index in [4.69, 9.17) is 9.47 Å². The van der Waals surface area contributed by atoms with Gasteiger partial charge in [0.1, 0.15) is 0 Å². The summed E-state index contributed by atoms with van der Waals surface area (Å²) in [6.45, 7) is 0.812. The van der Waals surface area contributed by atoms with Crippen LogP contribution in [0.25, 0.3) is 10.9 Å². The number of carbonyl (C=O) groups excluding carboxylic acids is 1. The Morgan fingerprint density at radius 1 is 1.07 bits per heavy atom. The molecule has 0 spiro atoms. The van der Waals surface area contributed by atoms with Gasteiger partial charge in [-0.3, -0.25) is 4.79 Å². The molecule has 0 unspecified atom stereocenters. The average molecular weight is 392 g/mol. The van der Waals surface area contributed by atoms with E-state index in [0.717, 1.165) is 32.2 Å². The molecule has 4 rings (SSSR count). The SMILES string of the molecule is COc1ccc(C(=O)N2CCC[C@H]2CCc2cc3ccccc3n2C)cc1OC. The monoisotopic (exact) mass is 392 g/mol. The lowest BCUT2D eigenvalue weighted by Gasteiger charge is -2.25. The van der Waals surface area contributed by atoms with Crippen LogP contribution in [0.5, 0.6) is 11.5 Å². The number of aryl methyl sites for hydroxylation is 2. The molecule has 1 saturated heterocycles. The molecule has 29 heavy (non-hydrogen) atoms. The van der Waals surface area contributed by atoms with Gasteiger partial charge in [0, 0.05) is 36.4 Å². The van der Waals surface area contributed by atoms with Gasteiger partial charge in [-0.25, -0.2) is 0 Å². The molecule has 5 heteroatoms. The molecule has 1 aliphatic rings. The summed E-state index contributed by atoms with van der Waals surface area (Å²) in [5.41, 5.74) is 3.22. The number of methoxy groups -OCH3 is 2. The fourth-order valence-electron chi connectivity index (χ4n) is 4.44. The normalized spacial score (nSPS) is 16.4. The Labute approximate surface area is 171 Å². The largest absolute Gasteiger partial charge is 0.493 e. The number of ether oxygens (including phenoxy) is 2. The van der Waals surface area contributed by atoms with E-state index in [-0.39, 0.29) is 11.9 Å². The molecular weight excluding hydrogens is 364 g/mol. The van der Waals surface area contributed by atoms with Crippen LogP contribution in [0.4, 0.5) is 0 Å². The Morgan fingerprint density at radius 3 is 2.62 bits per heavy atom. The number of amides is 1. The van der Waals surface area contributed by atoms with Crippen molar-refractivity contribution in [1.29, 1.82) is 0 Å². The summed E-state index contributed by atoms with van der Waals surface area (Å²) in [6.07, 6.45) is 4.05. The van der Waals surface area contributed by atoms with Gasteiger partial charge in [-0.2, -0.15) is 0 Å². The third-order valence-electron chi connectivity index (χ3n) is 6.05. The fourth-order valence-corrected chi connectivity index (χ4v) is 4.44. The van der Waals surface area contributed by atoms with Gasteiger partial charge in [0.2, 0.25) is 0 Å². The minimum atomic E-state index is 0.0745. The summed E-state index contributed by atoms with van der Waals surface area (Å²) in [5.74, 6) is 1.30. The summed E-state index contributed by atoms with van der Waals surface area (Å²) in [5, 5.41) is 1.27. The van der Waals surface area contributed by atoms with Crippen LogP contribution in [0, 0.1) is 0 Å². The third kappa shape index (κ3) is 3.69. The summed E-state index contributed by atoms with van der Waals surface area (Å²) in [7, 11) is 5.32. The highest BCUT2D eigenvalue weighted by atomic mass is 16.5. The second-order valence-electron chi connectivity index (χ2n) is 7.66. The van der Waals surface area contributed by atoms with Crippen LogP contribution in [0.3, 0.4) is 0 Å². The molecule has 3 aromatic rings. The summed E-state index contributed by atoms with van der Waals surface area (Å²) >= 11 is 0. The minimum Gasteiger partial charge on any atom is -0.493 e. The predicted octanol–water partition coefficient (Wildman–Crippen LogP) is 4.43. The maximum absolute atomic E-state index is 13.2. The zero-order chi connectivity index (χ0) is 20.4. The van der Waals surface area contributed by atoms with Crippen LogP contribution in [-0.2, 0) is 13.5 Å². The Hall–Kier alpha value is -2.95. The van der Waals surface area contributed by atoms with Crippen LogP contribution < -0.4 is 9.47 Å². The summed E-state index contributed by atoms with van der Waals surface area (Å²) < 4.78 is 12.9. The lowest BCUT2D eigenvalue weighted by molar-refractivity contribution is 0.0730. The second-order valence-corrected chi connectivity index (χ2v) is 7.66. The summed E-state index contributed by atoms with van der Waals surface area (Å²) in [6, 6.07) is 16.4. The zero-order valence-corrected chi connectivity index (χ0v) is 17.4. The molecule has 5 nitrogen and oxygen atoms in total. The maximum atomic E-state index is 13.2. The molecule has 0 aliphatic carbocycles. The third-order valence-corrected chi connectivity index (χ3v) is 6.05. The highest BCUT2D eigenvalue weighted by Gasteiger charge is 2.29. The first kappa shape index (κ1) is 19.4. The van der Waals surface area contributed by atoms with Gasteiger partial charge < -0.3 is 18.9 Å². The molecular formula is C24H28N2O3. The highest BCUT2D eigenvalue weighted by molar-refractivity contribution is 5.95. The van der Waals surface area contributed by atoms with E-state index in [1.165, 1.54) is 16.6 Å². The van der Waals surface area contributed by atoms with Crippen molar-refractivity contribution in [2.75, 3.05) is 20.8 Å². The molecule has 1 amide bonds. The van der Waals surface area contributed by atoms with Crippen LogP contribution in [0.15, 0.2) is 48.5 Å². The Morgan fingerprint density at radius 2 is 1.86 bits per heavy atom. The van der Waals surface area contributed by atoms with E-state index < -0.39 is 0 Å². The van der Waals surface area contributed by atoms with E-state index in [2.05, 4.69) is 41.9 Å². The van der Waals surface area contributed by atoms with Gasteiger partial charge in [-0.1, -0.05) is 18.2 Å². The number of rotatable bonds is 6. The first-order valence-electron chi connectivity index (χ1n) is 10.2. The molecule has 152 valence electrons.